The van der Waals surface area contributed by atoms with E-state index in [4.69, 9.17) is 23.4 Å². The topological polar surface area (TPSA) is 127 Å². The highest BCUT2D eigenvalue weighted by Gasteiger charge is 2.61. The molecule has 4 atom stereocenters. The van der Waals surface area contributed by atoms with E-state index < -0.39 is 41.7 Å². The number of aliphatic hydroxyl groups is 1. The van der Waals surface area contributed by atoms with Crippen LogP contribution in [0, 0.1) is 0 Å². The summed E-state index contributed by atoms with van der Waals surface area (Å²) in [6.07, 6.45) is 0.225. The maximum atomic E-state index is 11.5. The Morgan fingerprint density at radius 3 is 2.18 bits per heavy atom. The van der Waals surface area contributed by atoms with E-state index in [1.165, 1.54) is 6.33 Å². The molecule has 1 unspecified atom stereocenters. The molecule has 12 heteroatoms. The average molecular weight is 510 g/mol. The summed E-state index contributed by atoms with van der Waals surface area (Å²) < 4.78 is 29.0. The van der Waals surface area contributed by atoms with Crippen molar-refractivity contribution < 1.29 is 22.8 Å². The minimum Gasteiger partial charge on any atom is -0.414 e. The summed E-state index contributed by atoms with van der Waals surface area (Å²) in [7, 11) is -5.54. The number of rotatable bonds is 5. The van der Waals surface area contributed by atoms with Gasteiger partial charge in [-0.2, -0.15) is 0 Å². The van der Waals surface area contributed by atoms with Gasteiger partial charge < -0.3 is 28.5 Å². The fraction of sp³-hybridized carbons (Fsp3) is 0.773. The fourth-order valence-corrected chi connectivity index (χ4v) is 16.6. The molecular formula is C22H39N5O5Si2. The van der Waals surface area contributed by atoms with Gasteiger partial charge in [0.2, 0.25) is 0 Å². The highest BCUT2D eigenvalue weighted by Crippen LogP contribution is 2.48. The van der Waals surface area contributed by atoms with Crippen LogP contribution in [-0.4, -0.2) is 66.7 Å². The van der Waals surface area contributed by atoms with E-state index in [0.717, 1.165) is 0 Å². The second kappa shape index (κ2) is 9.23. The number of fused-ring (bicyclic) bond motifs is 2. The largest absolute Gasteiger partial charge is 0.414 e. The zero-order valence-electron chi connectivity index (χ0n) is 21.4. The van der Waals surface area contributed by atoms with E-state index in [1.54, 1.807) is 10.9 Å². The molecule has 0 amide bonds. The molecule has 2 aromatic rings. The first-order valence-corrected chi connectivity index (χ1v) is 16.2. The van der Waals surface area contributed by atoms with Crippen LogP contribution in [0.5, 0.6) is 0 Å². The monoisotopic (exact) mass is 509 g/mol. The number of aromatic nitrogens is 4. The lowest BCUT2D eigenvalue weighted by atomic mass is 10.1. The number of hydrogen-bond acceptors (Lipinski definition) is 9. The summed E-state index contributed by atoms with van der Waals surface area (Å²) in [5, 5.41) is 11.5. The Balaban J connectivity index is 1.77. The molecule has 2 fully saturated rings. The first-order chi connectivity index (χ1) is 15.9. The molecule has 2 aliphatic heterocycles. The second-order valence-electron chi connectivity index (χ2n) is 10.7. The van der Waals surface area contributed by atoms with Crippen molar-refractivity contribution >= 4 is 34.1 Å². The van der Waals surface area contributed by atoms with Crippen LogP contribution >= 0.6 is 0 Å². The molecule has 34 heavy (non-hydrogen) atoms. The minimum absolute atomic E-state index is 0.159. The van der Waals surface area contributed by atoms with E-state index in [1.807, 2.05) is 0 Å². The Labute approximate surface area is 203 Å². The molecule has 190 valence electrons. The van der Waals surface area contributed by atoms with Crippen molar-refractivity contribution in [2.45, 2.75) is 102 Å². The van der Waals surface area contributed by atoms with Gasteiger partial charge in [0.05, 0.1) is 12.9 Å². The number of nitrogens with zero attached hydrogens (tertiary/aromatic N) is 4. The quantitative estimate of drug-likeness (QED) is 0.581. The zero-order valence-corrected chi connectivity index (χ0v) is 23.4. The molecule has 0 radical (unpaired) electrons. The van der Waals surface area contributed by atoms with Gasteiger partial charge >= 0.3 is 17.1 Å². The predicted octanol–water partition coefficient (Wildman–Crippen LogP) is 3.62. The molecule has 0 spiro atoms. The third-order valence-electron chi connectivity index (χ3n) is 7.30. The number of nitrogen functional groups attached to an aromatic ring is 1. The number of imidazole rings is 1. The van der Waals surface area contributed by atoms with Gasteiger partial charge in [0, 0.05) is 0 Å². The van der Waals surface area contributed by atoms with Crippen LogP contribution < -0.4 is 5.73 Å². The Kier molecular flexibility index (Phi) is 6.97. The van der Waals surface area contributed by atoms with Gasteiger partial charge in [-0.3, -0.25) is 4.57 Å². The Morgan fingerprint density at radius 2 is 1.59 bits per heavy atom. The Bertz CT molecular complexity index is 1000. The molecule has 0 bridgehead atoms. The molecule has 0 aliphatic carbocycles. The van der Waals surface area contributed by atoms with Crippen LogP contribution in [0.2, 0.25) is 22.2 Å². The first-order valence-electron chi connectivity index (χ1n) is 12.2. The lowest BCUT2D eigenvalue weighted by Crippen LogP contribution is -2.65. The van der Waals surface area contributed by atoms with E-state index >= 15 is 0 Å². The van der Waals surface area contributed by atoms with Crippen LogP contribution in [0.15, 0.2) is 12.7 Å². The zero-order chi connectivity index (χ0) is 25.0. The summed E-state index contributed by atoms with van der Waals surface area (Å²) in [5.74, 6) is 0.283. The standard InChI is InChI=1S/C22H39N5O5Si2/c1-12(2)33(13(3)4)29-9-16-19(31-34(32-33,14(5)6)15(7)8)18(28)22(30-16)27-11-26-17-20(23)24-10-25-21(17)27/h10-16,18-19,22,28H,9H2,1-8H3,(H2,23,24,25)/t16-,18+,19?,22-/m0/s1. The molecule has 2 aromatic heterocycles. The van der Waals surface area contributed by atoms with Crippen molar-refractivity contribution in [3.8, 4) is 0 Å². The molecule has 10 nitrogen and oxygen atoms in total. The Morgan fingerprint density at radius 1 is 0.971 bits per heavy atom. The number of ether oxygens (including phenoxy) is 1. The highest BCUT2D eigenvalue weighted by atomic mass is 28.5. The van der Waals surface area contributed by atoms with Gasteiger partial charge in [0.1, 0.15) is 30.2 Å². The van der Waals surface area contributed by atoms with E-state index in [0.29, 0.717) is 17.8 Å². The number of nitrogens with two attached hydrogens (primary N) is 1. The molecule has 2 saturated heterocycles. The Hall–Kier alpha value is -1.42. The second-order valence-corrected chi connectivity index (χ2v) is 19.5. The highest BCUT2D eigenvalue weighted by molar-refractivity contribution is 6.83. The SMILES string of the molecule is CC(C)[Si]1(C(C)C)OC[C@@H]2O[C@H](n3cnc4c(N)ncnc43)[C@H](O)C2O[Si](C(C)C)(C(C)C)O1. The first kappa shape index (κ1) is 25.7. The summed E-state index contributed by atoms with van der Waals surface area (Å²) >= 11 is 0. The molecule has 0 aromatic carbocycles. The lowest BCUT2D eigenvalue weighted by Gasteiger charge is -2.51. The van der Waals surface area contributed by atoms with E-state index in [2.05, 4.69) is 70.3 Å². The number of aliphatic hydroxyl groups excluding tert-OH is 1. The summed E-state index contributed by atoms with van der Waals surface area (Å²) in [6.45, 7) is 17.7. The third-order valence-corrected chi connectivity index (χ3v) is 17.6. The number of hydrogen-bond donors (Lipinski definition) is 2. The summed E-state index contributed by atoms with van der Waals surface area (Å²) in [4.78, 5) is 12.7. The van der Waals surface area contributed by atoms with Gasteiger partial charge in [-0.15, -0.1) is 0 Å². The van der Waals surface area contributed by atoms with Gasteiger partial charge in [-0.25, -0.2) is 15.0 Å². The molecule has 3 N–H and O–H groups in total. The smallest absolute Gasteiger partial charge is 0.335 e. The van der Waals surface area contributed by atoms with Gasteiger partial charge in [0.15, 0.2) is 17.7 Å². The lowest BCUT2D eigenvalue weighted by molar-refractivity contribution is -0.0570. The molecule has 0 saturated carbocycles. The van der Waals surface area contributed by atoms with Crippen LogP contribution in [0.4, 0.5) is 5.82 Å². The van der Waals surface area contributed by atoms with Crippen molar-refractivity contribution in [3.05, 3.63) is 12.7 Å². The molecule has 2 aliphatic rings. The van der Waals surface area contributed by atoms with E-state index in [-0.39, 0.29) is 28.0 Å². The maximum Gasteiger partial charge on any atom is 0.335 e. The summed E-state index contributed by atoms with van der Waals surface area (Å²) in [6, 6.07) is 0. The number of anilines is 1. The van der Waals surface area contributed by atoms with Crippen LogP contribution in [0.25, 0.3) is 11.2 Å². The van der Waals surface area contributed by atoms with Crippen molar-refractivity contribution in [3.63, 3.8) is 0 Å². The average Bonchev–Trinajstić information content (AvgIpc) is 3.29. The van der Waals surface area contributed by atoms with Crippen molar-refractivity contribution in [1.29, 1.82) is 0 Å². The van der Waals surface area contributed by atoms with Gasteiger partial charge in [-0.05, 0) is 22.2 Å². The van der Waals surface area contributed by atoms with Gasteiger partial charge in [0.25, 0.3) is 0 Å². The molecule has 4 rings (SSSR count). The molecule has 4 heterocycles. The summed E-state index contributed by atoms with van der Waals surface area (Å²) in [5.41, 5.74) is 7.73. The van der Waals surface area contributed by atoms with Crippen molar-refractivity contribution in [2.75, 3.05) is 12.3 Å². The van der Waals surface area contributed by atoms with Crippen molar-refractivity contribution in [1.82, 2.24) is 19.5 Å². The molecular weight excluding hydrogens is 470 g/mol. The maximum absolute atomic E-state index is 11.5. The van der Waals surface area contributed by atoms with E-state index in [9.17, 15) is 5.11 Å². The van der Waals surface area contributed by atoms with Crippen molar-refractivity contribution in [2.24, 2.45) is 0 Å². The third kappa shape index (κ3) is 3.92. The predicted molar refractivity (Wildman–Crippen MR) is 133 cm³/mol. The van der Waals surface area contributed by atoms with Gasteiger partial charge in [-0.1, -0.05) is 55.4 Å². The fourth-order valence-electron chi connectivity index (χ4n) is 5.42. The normalized spacial score (nSPS) is 29.2. The van der Waals surface area contributed by atoms with Crippen LogP contribution in [0.3, 0.4) is 0 Å². The van der Waals surface area contributed by atoms with Crippen LogP contribution in [-0.2, 0) is 17.7 Å². The van der Waals surface area contributed by atoms with Crippen LogP contribution in [0.1, 0.15) is 61.6 Å². The minimum atomic E-state index is -2.86.